The van der Waals surface area contributed by atoms with Crippen molar-refractivity contribution in [3.05, 3.63) is 29.8 Å². The first-order chi connectivity index (χ1) is 13.4. The van der Waals surface area contributed by atoms with Crippen LogP contribution >= 0.6 is 0 Å². The number of benzene rings is 1. The van der Waals surface area contributed by atoms with Gasteiger partial charge in [-0.15, -0.1) is 0 Å². The van der Waals surface area contributed by atoms with E-state index in [1.165, 1.54) is 5.56 Å². The fourth-order valence-corrected chi connectivity index (χ4v) is 4.16. The second-order valence-corrected chi connectivity index (χ2v) is 7.99. The van der Waals surface area contributed by atoms with Crippen LogP contribution in [0.1, 0.15) is 57.4 Å². The third-order valence-electron chi connectivity index (χ3n) is 6.22. The summed E-state index contributed by atoms with van der Waals surface area (Å²) < 4.78 is 16.3. The Morgan fingerprint density at radius 3 is 2.46 bits per heavy atom. The SMILES string of the molecule is CCC(=O)OC(C)(OC)C1CCC(C(=O)NC2CC2c2ccc(OC)cc2)C1. The van der Waals surface area contributed by atoms with Crippen LogP contribution in [0, 0.1) is 11.8 Å². The lowest BCUT2D eigenvalue weighted by Crippen LogP contribution is -2.41. The van der Waals surface area contributed by atoms with Crippen molar-refractivity contribution >= 4 is 11.9 Å². The fraction of sp³-hybridized carbons (Fsp3) is 0.636. The van der Waals surface area contributed by atoms with Gasteiger partial charge in [-0.2, -0.15) is 0 Å². The van der Waals surface area contributed by atoms with E-state index in [9.17, 15) is 9.59 Å². The molecule has 0 heterocycles. The molecule has 3 rings (SSSR count). The van der Waals surface area contributed by atoms with Gasteiger partial charge in [-0.3, -0.25) is 9.59 Å². The summed E-state index contributed by atoms with van der Waals surface area (Å²) in [4.78, 5) is 24.5. The maximum absolute atomic E-state index is 12.7. The highest BCUT2D eigenvalue weighted by Gasteiger charge is 2.46. The molecule has 5 unspecified atom stereocenters. The van der Waals surface area contributed by atoms with Gasteiger partial charge >= 0.3 is 5.97 Å². The zero-order valence-electron chi connectivity index (χ0n) is 17.2. The van der Waals surface area contributed by atoms with Gasteiger partial charge in [0.1, 0.15) is 5.75 Å². The number of carbonyl (C=O) groups excluding carboxylic acids is 2. The molecule has 1 N–H and O–H groups in total. The number of ether oxygens (including phenoxy) is 3. The molecule has 0 radical (unpaired) electrons. The molecule has 1 aromatic rings. The molecule has 0 aliphatic heterocycles. The molecule has 0 spiro atoms. The predicted octanol–water partition coefficient (Wildman–Crippen LogP) is 3.40. The van der Waals surface area contributed by atoms with Crippen LogP contribution in [0.3, 0.4) is 0 Å². The van der Waals surface area contributed by atoms with Crippen LogP contribution in [0.4, 0.5) is 0 Å². The van der Waals surface area contributed by atoms with Gasteiger partial charge in [0.2, 0.25) is 11.7 Å². The standard InChI is InChI=1S/C22H31NO5/c1-5-20(24)28-22(2,27-4)16-9-6-15(12-16)21(25)23-19-13-18(19)14-7-10-17(26-3)11-8-14/h7-8,10-11,15-16,18-19H,5-6,9,12-13H2,1-4H3,(H,23,25). The van der Waals surface area contributed by atoms with Gasteiger partial charge < -0.3 is 19.5 Å². The maximum Gasteiger partial charge on any atom is 0.308 e. The number of methoxy groups -OCH3 is 2. The number of rotatable bonds is 8. The van der Waals surface area contributed by atoms with E-state index in [4.69, 9.17) is 14.2 Å². The first kappa shape index (κ1) is 20.6. The second kappa shape index (κ2) is 8.52. The minimum Gasteiger partial charge on any atom is -0.497 e. The van der Waals surface area contributed by atoms with Gasteiger partial charge in [-0.05, 0) is 43.4 Å². The highest BCUT2D eigenvalue weighted by molar-refractivity contribution is 5.80. The average Bonchev–Trinajstić information content (AvgIpc) is 3.28. The van der Waals surface area contributed by atoms with Crippen molar-refractivity contribution in [2.24, 2.45) is 11.8 Å². The predicted molar refractivity (Wildman–Crippen MR) is 105 cm³/mol. The van der Waals surface area contributed by atoms with E-state index in [1.54, 1.807) is 28.1 Å². The molecule has 2 saturated carbocycles. The van der Waals surface area contributed by atoms with E-state index in [0.29, 0.717) is 18.8 Å². The third-order valence-corrected chi connectivity index (χ3v) is 6.22. The minimum absolute atomic E-state index is 0.0281. The summed E-state index contributed by atoms with van der Waals surface area (Å²) in [6, 6.07) is 8.24. The number of nitrogens with one attached hydrogen (secondary N) is 1. The van der Waals surface area contributed by atoms with E-state index in [2.05, 4.69) is 17.4 Å². The van der Waals surface area contributed by atoms with Crippen molar-refractivity contribution in [2.45, 2.75) is 63.7 Å². The Morgan fingerprint density at radius 2 is 1.86 bits per heavy atom. The van der Waals surface area contributed by atoms with Crippen molar-refractivity contribution in [1.29, 1.82) is 0 Å². The van der Waals surface area contributed by atoms with Crippen LogP contribution in [0.25, 0.3) is 0 Å². The van der Waals surface area contributed by atoms with Crippen molar-refractivity contribution < 1.29 is 23.8 Å². The molecule has 2 aliphatic rings. The lowest BCUT2D eigenvalue weighted by Gasteiger charge is -2.33. The van der Waals surface area contributed by atoms with Crippen LogP contribution in [-0.2, 0) is 19.1 Å². The van der Waals surface area contributed by atoms with E-state index >= 15 is 0 Å². The molecule has 6 heteroatoms. The summed E-state index contributed by atoms with van der Waals surface area (Å²) in [5, 5.41) is 3.20. The summed E-state index contributed by atoms with van der Waals surface area (Å²) in [6.07, 6.45) is 3.56. The van der Waals surface area contributed by atoms with Crippen LogP contribution in [0.2, 0.25) is 0 Å². The van der Waals surface area contributed by atoms with Crippen molar-refractivity contribution in [1.82, 2.24) is 5.32 Å². The lowest BCUT2D eigenvalue weighted by molar-refractivity contribution is -0.235. The monoisotopic (exact) mass is 389 g/mol. The van der Waals surface area contributed by atoms with E-state index in [-0.39, 0.29) is 29.8 Å². The molecule has 0 aromatic heterocycles. The molecular weight excluding hydrogens is 358 g/mol. The number of carbonyl (C=O) groups is 2. The molecular formula is C22H31NO5. The summed E-state index contributed by atoms with van der Waals surface area (Å²) in [5.74, 6) is 0.0419. The van der Waals surface area contributed by atoms with Gasteiger partial charge in [0.05, 0.1) is 7.11 Å². The Morgan fingerprint density at radius 1 is 1.14 bits per heavy atom. The van der Waals surface area contributed by atoms with Gasteiger partial charge in [0.25, 0.3) is 0 Å². The molecule has 0 bridgehead atoms. The number of esters is 1. The Balaban J connectivity index is 1.51. The largest absolute Gasteiger partial charge is 0.497 e. The van der Waals surface area contributed by atoms with Crippen LogP contribution in [-0.4, -0.2) is 37.9 Å². The van der Waals surface area contributed by atoms with E-state index in [1.807, 2.05) is 12.1 Å². The highest BCUT2D eigenvalue weighted by Crippen LogP contribution is 2.43. The normalized spacial score (nSPS) is 28.3. The van der Waals surface area contributed by atoms with Gasteiger partial charge in [0.15, 0.2) is 0 Å². The van der Waals surface area contributed by atoms with Gasteiger partial charge in [-0.25, -0.2) is 0 Å². The molecule has 1 amide bonds. The van der Waals surface area contributed by atoms with Crippen molar-refractivity contribution in [2.75, 3.05) is 14.2 Å². The molecule has 1 aromatic carbocycles. The molecule has 28 heavy (non-hydrogen) atoms. The van der Waals surface area contributed by atoms with Gasteiger partial charge in [-0.1, -0.05) is 19.1 Å². The zero-order valence-corrected chi connectivity index (χ0v) is 17.2. The lowest BCUT2D eigenvalue weighted by atomic mass is 9.96. The molecule has 154 valence electrons. The number of hydrogen-bond donors (Lipinski definition) is 1. The highest BCUT2D eigenvalue weighted by atomic mass is 16.7. The number of hydrogen-bond acceptors (Lipinski definition) is 5. The second-order valence-electron chi connectivity index (χ2n) is 7.99. The van der Waals surface area contributed by atoms with Crippen molar-refractivity contribution in [3.63, 3.8) is 0 Å². The zero-order chi connectivity index (χ0) is 20.3. The third kappa shape index (κ3) is 4.49. The van der Waals surface area contributed by atoms with Crippen LogP contribution in [0.15, 0.2) is 24.3 Å². The topological polar surface area (TPSA) is 73.9 Å². The first-order valence-electron chi connectivity index (χ1n) is 10.1. The Hall–Kier alpha value is -2.08. The first-order valence-corrected chi connectivity index (χ1v) is 10.1. The summed E-state index contributed by atoms with van der Waals surface area (Å²) in [6.45, 7) is 3.56. The molecule has 0 saturated heterocycles. The Kier molecular flexibility index (Phi) is 6.28. The smallest absolute Gasteiger partial charge is 0.308 e. The Bertz CT molecular complexity index is 703. The van der Waals surface area contributed by atoms with E-state index < -0.39 is 5.79 Å². The molecule has 2 aliphatic carbocycles. The summed E-state index contributed by atoms with van der Waals surface area (Å²) in [7, 11) is 3.21. The van der Waals surface area contributed by atoms with Crippen LogP contribution < -0.4 is 10.1 Å². The van der Waals surface area contributed by atoms with Gasteiger partial charge in [0, 0.05) is 44.2 Å². The van der Waals surface area contributed by atoms with E-state index in [0.717, 1.165) is 25.0 Å². The average molecular weight is 389 g/mol. The molecule has 2 fully saturated rings. The minimum atomic E-state index is -0.965. The molecule has 6 nitrogen and oxygen atoms in total. The molecule has 5 atom stereocenters. The fourth-order valence-electron chi connectivity index (χ4n) is 4.16. The quantitative estimate of drug-likeness (QED) is 0.545. The summed E-state index contributed by atoms with van der Waals surface area (Å²) in [5.41, 5.74) is 1.23. The van der Waals surface area contributed by atoms with Crippen LogP contribution in [0.5, 0.6) is 5.75 Å². The maximum atomic E-state index is 12.7. The summed E-state index contributed by atoms with van der Waals surface area (Å²) >= 11 is 0. The van der Waals surface area contributed by atoms with Crippen molar-refractivity contribution in [3.8, 4) is 5.75 Å². The number of amides is 1. The Labute approximate surface area is 166 Å².